The molecule has 0 aliphatic rings. The zero-order chi connectivity index (χ0) is 15.2. The topological polar surface area (TPSA) is 45.2 Å². The Morgan fingerprint density at radius 2 is 2.14 bits per heavy atom. The SMILES string of the molecule is CCCNc1cc(C)ccc1C(=O)N(C)c1cccnc1. The average Bonchev–Trinajstić information content (AvgIpc) is 2.52. The standard InChI is InChI=1S/C17H21N3O/c1-4-9-19-16-11-13(2)7-8-15(16)17(21)20(3)14-6-5-10-18-12-14/h5-8,10-12,19H,4,9H2,1-3H3. The van der Waals surface area contributed by atoms with Gasteiger partial charge in [0.1, 0.15) is 0 Å². The van der Waals surface area contributed by atoms with Crippen molar-refractivity contribution < 1.29 is 4.79 Å². The number of hydrogen-bond donors (Lipinski definition) is 1. The average molecular weight is 283 g/mol. The molecule has 4 heteroatoms. The van der Waals surface area contributed by atoms with Crippen molar-refractivity contribution in [1.82, 2.24) is 4.98 Å². The second-order valence-electron chi connectivity index (χ2n) is 5.05. The lowest BCUT2D eigenvalue weighted by Gasteiger charge is -2.19. The maximum absolute atomic E-state index is 12.7. The Hall–Kier alpha value is -2.36. The molecule has 0 atom stereocenters. The third kappa shape index (κ3) is 3.60. The Morgan fingerprint density at radius 3 is 2.81 bits per heavy atom. The molecule has 0 saturated heterocycles. The number of pyridine rings is 1. The van der Waals surface area contributed by atoms with E-state index in [1.807, 2.05) is 37.3 Å². The highest BCUT2D eigenvalue weighted by atomic mass is 16.2. The van der Waals surface area contributed by atoms with Crippen molar-refractivity contribution in [2.75, 3.05) is 23.8 Å². The molecule has 0 unspecified atom stereocenters. The van der Waals surface area contributed by atoms with E-state index in [9.17, 15) is 4.79 Å². The molecule has 1 aromatic carbocycles. The minimum atomic E-state index is -0.0402. The van der Waals surface area contributed by atoms with E-state index in [2.05, 4.69) is 17.2 Å². The van der Waals surface area contributed by atoms with Crippen LogP contribution in [0.3, 0.4) is 0 Å². The van der Waals surface area contributed by atoms with Crippen LogP contribution in [-0.4, -0.2) is 24.5 Å². The Labute approximate surface area is 125 Å². The van der Waals surface area contributed by atoms with Crippen LogP contribution in [0.1, 0.15) is 29.3 Å². The zero-order valence-corrected chi connectivity index (χ0v) is 12.8. The molecule has 0 radical (unpaired) electrons. The van der Waals surface area contributed by atoms with E-state index >= 15 is 0 Å². The van der Waals surface area contributed by atoms with Crippen LogP contribution in [-0.2, 0) is 0 Å². The van der Waals surface area contributed by atoms with E-state index in [0.717, 1.165) is 29.9 Å². The number of carbonyl (C=O) groups excluding carboxylic acids is 1. The molecule has 2 rings (SSSR count). The van der Waals surface area contributed by atoms with Gasteiger partial charge in [0.05, 0.1) is 17.4 Å². The second-order valence-corrected chi connectivity index (χ2v) is 5.05. The molecular weight excluding hydrogens is 262 g/mol. The zero-order valence-electron chi connectivity index (χ0n) is 12.8. The van der Waals surface area contributed by atoms with Crippen LogP contribution in [0.15, 0.2) is 42.7 Å². The number of aromatic nitrogens is 1. The Balaban J connectivity index is 2.30. The Morgan fingerprint density at radius 1 is 1.33 bits per heavy atom. The van der Waals surface area contributed by atoms with Gasteiger partial charge in [0, 0.05) is 25.5 Å². The van der Waals surface area contributed by atoms with Gasteiger partial charge < -0.3 is 10.2 Å². The minimum absolute atomic E-state index is 0.0402. The first-order chi connectivity index (χ1) is 10.1. The molecule has 1 heterocycles. The van der Waals surface area contributed by atoms with Crippen LogP contribution in [0.2, 0.25) is 0 Å². The van der Waals surface area contributed by atoms with Gasteiger partial charge in [0.25, 0.3) is 5.91 Å². The van der Waals surface area contributed by atoms with Crippen LogP contribution in [0.25, 0.3) is 0 Å². The fraction of sp³-hybridized carbons (Fsp3) is 0.294. The molecule has 2 aromatic rings. The number of nitrogens with one attached hydrogen (secondary N) is 1. The highest BCUT2D eigenvalue weighted by Gasteiger charge is 2.17. The molecule has 0 saturated carbocycles. The molecule has 1 aromatic heterocycles. The third-order valence-electron chi connectivity index (χ3n) is 3.31. The van der Waals surface area contributed by atoms with E-state index in [4.69, 9.17) is 0 Å². The summed E-state index contributed by atoms with van der Waals surface area (Å²) in [5.41, 5.74) is 3.48. The van der Waals surface area contributed by atoms with Crippen molar-refractivity contribution in [2.45, 2.75) is 20.3 Å². The molecule has 1 amide bonds. The van der Waals surface area contributed by atoms with Gasteiger partial charge in [-0.15, -0.1) is 0 Å². The van der Waals surface area contributed by atoms with Crippen molar-refractivity contribution >= 4 is 17.3 Å². The molecule has 21 heavy (non-hydrogen) atoms. The van der Waals surface area contributed by atoms with Gasteiger partial charge in [-0.2, -0.15) is 0 Å². The lowest BCUT2D eigenvalue weighted by molar-refractivity contribution is 0.0993. The van der Waals surface area contributed by atoms with Crippen molar-refractivity contribution in [3.63, 3.8) is 0 Å². The lowest BCUT2D eigenvalue weighted by Crippen LogP contribution is -2.27. The summed E-state index contributed by atoms with van der Waals surface area (Å²) in [7, 11) is 1.77. The number of benzene rings is 1. The first-order valence-corrected chi connectivity index (χ1v) is 7.16. The lowest BCUT2D eigenvalue weighted by atomic mass is 10.1. The first kappa shape index (κ1) is 15.0. The Bertz CT molecular complexity index is 611. The van der Waals surface area contributed by atoms with Gasteiger partial charge >= 0.3 is 0 Å². The molecule has 0 aliphatic heterocycles. The van der Waals surface area contributed by atoms with Crippen molar-refractivity contribution in [2.24, 2.45) is 0 Å². The van der Waals surface area contributed by atoms with E-state index in [-0.39, 0.29) is 5.91 Å². The number of hydrogen-bond acceptors (Lipinski definition) is 3. The summed E-state index contributed by atoms with van der Waals surface area (Å²) in [6.07, 6.45) is 4.40. The maximum Gasteiger partial charge on any atom is 0.260 e. The summed E-state index contributed by atoms with van der Waals surface area (Å²) in [5, 5.41) is 3.33. The highest BCUT2D eigenvalue weighted by molar-refractivity contribution is 6.09. The van der Waals surface area contributed by atoms with E-state index in [1.165, 1.54) is 0 Å². The molecule has 0 aliphatic carbocycles. The predicted molar refractivity (Wildman–Crippen MR) is 86.9 cm³/mol. The van der Waals surface area contributed by atoms with Crippen LogP contribution >= 0.6 is 0 Å². The quantitative estimate of drug-likeness (QED) is 0.913. The number of anilines is 2. The highest BCUT2D eigenvalue weighted by Crippen LogP contribution is 2.21. The van der Waals surface area contributed by atoms with E-state index in [0.29, 0.717) is 5.56 Å². The predicted octanol–water partition coefficient (Wildman–Crippen LogP) is 3.49. The van der Waals surface area contributed by atoms with Gasteiger partial charge in [-0.3, -0.25) is 9.78 Å². The summed E-state index contributed by atoms with van der Waals surface area (Å²) in [6.45, 7) is 4.97. The smallest absolute Gasteiger partial charge is 0.260 e. The molecule has 4 nitrogen and oxygen atoms in total. The van der Waals surface area contributed by atoms with Crippen LogP contribution < -0.4 is 10.2 Å². The van der Waals surface area contributed by atoms with Crippen molar-refractivity contribution in [3.05, 3.63) is 53.9 Å². The number of rotatable bonds is 5. The number of amides is 1. The summed E-state index contributed by atoms with van der Waals surface area (Å²) in [5.74, 6) is -0.0402. The maximum atomic E-state index is 12.7. The van der Waals surface area contributed by atoms with Crippen LogP contribution in [0.4, 0.5) is 11.4 Å². The molecule has 0 fully saturated rings. The summed E-state index contributed by atoms with van der Waals surface area (Å²) in [6, 6.07) is 9.55. The summed E-state index contributed by atoms with van der Waals surface area (Å²) < 4.78 is 0. The first-order valence-electron chi connectivity index (χ1n) is 7.16. The summed E-state index contributed by atoms with van der Waals surface area (Å²) >= 11 is 0. The fourth-order valence-electron chi connectivity index (χ4n) is 2.10. The monoisotopic (exact) mass is 283 g/mol. The van der Waals surface area contributed by atoms with Crippen LogP contribution in [0.5, 0.6) is 0 Å². The van der Waals surface area contributed by atoms with E-state index < -0.39 is 0 Å². The van der Waals surface area contributed by atoms with E-state index in [1.54, 1.807) is 24.3 Å². The van der Waals surface area contributed by atoms with Crippen molar-refractivity contribution in [3.8, 4) is 0 Å². The number of aryl methyl sites for hydroxylation is 1. The Kier molecular flexibility index (Phi) is 4.93. The molecule has 1 N–H and O–H groups in total. The molecular formula is C17H21N3O. The number of nitrogens with zero attached hydrogens (tertiary/aromatic N) is 2. The summed E-state index contributed by atoms with van der Waals surface area (Å²) in [4.78, 5) is 18.4. The largest absolute Gasteiger partial charge is 0.384 e. The van der Waals surface area contributed by atoms with Gasteiger partial charge in [0.15, 0.2) is 0 Å². The van der Waals surface area contributed by atoms with Crippen LogP contribution in [0, 0.1) is 6.92 Å². The van der Waals surface area contributed by atoms with Gasteiger partial charge in [-0.25, -0.2) is 0 Å². The molecule has 110 valence electrons. The molecule has 0 bridgehead atoms. The van der Waals surface area contributed by atoms with Crippen molar-refractivity contribution in [1.29, 1.82) is 0 Å². The second kappa shape index (κ2) is 6.88. The third-order valence-corrected chi connectivity index (χ3v) is 3.31. The number of carbonyl (C=O) groups is 1. The van der Waals surface area contributed by atoms with Gasteiger partial charge in [-0.05, 0) is 43.2 Å². The fourth-order valence-corrected chi connectivity index (χ4v) is 2.10. The molecule has 0 spiro atoms. The normalized spacial score (nSPS) is 10.2. The van der Waals surface area contributed by atoms with Gasteiger partial charge in [0.2, 0.25) is 0 Å². The van der Waals surface area contributed by atoms with Gasteiger partial charge in [-0.1, -0.05) is 13.0 Å². The minimum Gasteiger partial charge on any atom is -0.384 e.